The molecule has 210 valence electrons. The first-order valence-electron chi connectivity index (χ1n) is 14.8. The molecule has 0 bridgehead atoms. The number of aryl methyl sites for hydroxylation is 2. The molecule has 3 nitrogen and oxygen atoms in total. The van der Waals surface area contributed by atoms with Gasteiger partial charge in [0.2, 0.25) is 0 Å². The first-order chi connectivity index (χ1) is 19.4. The van der Waals surface area contributed by atoms with Gasteiger partial charge in [0.15, 0.2) is 5.82 Å². The quantitative estimate of drug-likeness (QED) is 0.214. The molecule has 5 aromatic rings. The minimum Gasteiger partial charge on any atom is -0.217 e. The first kappa shape index (κ1) is 28.5. The Morgan fingerprint density at radius 2 is 1.05 bits per heavy atom. The van der Waals surface area contributed by atoms with Crippen LogP contribution in [0.25, 0.3) is 39.3 Å². The van der Waals surface area contributed by atoms with E-state index in [2.05, 4.69) is 151 Å². The van der Waals surface area contributed by atoms with Crippen molar-refractivity contribution >= 4 is 0 Å². The Hall–Kier alpha value is -3.98. The van der Waals surface area contributed by atoms with E-state index in [0.717, 1.165) is 35.7 Å². The number of rotatable bonds is 6. The molecule has 1 aromatic heterocycles. The zero-order chi connectivity index (χ0) is 29.4. The second kappa shape index (κ2) is 11.1. The summed E-state index contributed by atoms with van der Waals surface area (Å²) in [6.07, 6.45) is 1.86. The molecular formula is C38H43N3. The first-order valence-corrected chi connectivity index (χ1v) is 14.8. The van der Waals surface area contributed by atoms with Gasteiger partial charge in [0.1, 0.15) is 5.82 Å². The lowest BCUT2D eigenvalue weighted by Crippen LogP contribution is -2.10. The fraction of sp³-hybridized carbons (Fsp3) is 0.316. The molecule has 5 rings (SSSR count). The van der Waals surface area contributed by atoms with E-state index in [9.17, 15) is 0 Å². The third kappa shape index (κ3) is 6.35. The monoisotopic (exact) mass is 541 g/mol. The van der Waals surface area contributed by atoms with Crippen molar-refractivity contribution in [2.45, 2.75) is 79.1 Å². The molecule has 4 aromatic carbocycles. The molecule has 0 spiro atoms. The number of hydrogen-bond donors (Lipinski definition) is 0. The summed E-state index contributed by atoms with van der Waals surface area (Å²) in [4.78, 5) is 5.01. The van der Waals surface area contributed by atoms with Crippen LogP contribution < -0.4 is 0 Å². The number of aromatic nitrogens is 3. The number of benzene rings is 4. The maximum absolute atomic E-state index is 5.07. The van der Waals surface area contributed by atoms with Crippen LogP contribution >= 0.6 is 0 Å². The third-order valence-electron chi connectivity index (χ3n) is 7.79. The predicted molar refractivity (Wildman–Crippen MR) is 174 cm³/mol. The molecule has 0 aliphatic rings. The normalized spacial score (nSPS) is 12.1. The minimum atomic E-state index is 0.114. The fourth-order valence-electron chi connectivity index (χ4n) is 5.15. The highest BCUT2D eigenvalue weighted by Crippen LogP contribution is 2.33. The second-order valence-electron chi connectivity index (χ2n) is 13.3. The van der Waals surface area contributed by atoms with Gasteiger partial charge in [-0.15, -0.1) is 5.10 Å². The predicted octanol–water partition coefficient (Wildman–Crippen LogP) is 10.1. The van der Waals surface area contributed by atoms with Crippen LogP contribution in [-0.2, 0) is 17.3 Å². The Labute approximate surface area is 246 Å². The van der Waals surface area contributed by atoms with Gasteiger partial charge in [0.05, 0.1) is 5.69 Å². The van der Waals surface area contributed by atoms with Crippen molar-refractivity contribution in [3.63, 3.8) is 0 Å². The van der Waals surface area contributed by atoms with Crippen LogP contribution in [-0.4, -0.2) is 14.8 Å². The highest BCUT2D eigenvalue weighted by Gasteiger charge is 2.18. The van der Waals surface area contributed by atoms with E-state index in [-0.39, 0.29) is 10.8 Å². The van der Waals surface area contributed by atoms with Crippen LogP contribution in [0.3, 0.4) is 0 Å². The second-order valence-corrected chi connectivity index (χ2v) is 13.3. The van der Waals surface area contributed by atoms with Crippen LogP contribution in [0, 0.1) is 6.92 Å². The molecule has 0 unspecified atom stereocenters. The molecule has 41 heavy (non-hydrogen) atoms. The van der Waals surface area contributed by atoms with Crippen molar-refractivity contribution in [3.05, 3.63) is 114 Å². The number of hydrogen-bond acceptors (Lipinski definition) is 2. The maximum atomic E-state index is 5.07. The summed E-state index contributed by atoms with van der Waals surface area (Å²) >= 11 is 0. The molecule has 1 heterocycles. The molecule has 0 saturated heterocycles. The van der Waals surface area contributed by atoms with Crippen molar-refractivity contribution in [3.8, 4) is 39.3 Å². The van der Waals surface area contributed by atoms with Crippen LogP contribution in [0.15, 0.2) is 91.0 Å². The van der Waals surface area contributed by atoms with Crippen molar-refractivity contribution in [2.24, 2.45) is 0 Å². The van der Waals surface area contributed by atoms with Gasteiger partial charge in [-0.25, -0.2) is 9.67 Å². The average molecular weight is 542 g/mol. The van der Waals surface area contributed by atoms with E-state index in [0.29, 0.717) is 0 Å². The lowest BCUT2D eigenvalue weighted by atomic mass is 9.85. The highest BCUT2D eigenvalue weighted by molar-refractivity contribution is 5.76. The molecule has 0 aliphatic carbocycles. The Bertz CT molecular complexity index is 1550. The van der Waals surface area contributed by atoms with E-state index >= 15 is 0 Å². The van der Waals surface area contributed by atoms with E-state index in [4.69, 9.17) is 10.1 Å². The summed E-state index contributed by atoms with van der Waals surface area (Å²) < 4.78 is 2.05. The summed E-state index contributed by atoms with van der Waals surface area (Å²) in [7, 11) is 0. The standard InChI is InChI=1S/C38H43N3/c1-9-10-35-39-36(29-13-11-26(2)12-14-29)40-41(35)34-24-30(27-15-19-32(20-16-27)37(3,4)5)23-31(25-34)28-17-21-33(22-18-28)38(6,7)8/h11-25H,9-10H2,1-8H3. The minimum absolute atomic E-state index is 0.114. The Morgan fingerprint density at radius 3 is 1.49 bits per heavy atom. The Kier molecular flexibility index (Phi) is 7.74. The SMILES string of the molecule is CCCc1nc(-c2ccc(C)cc2)nn1-c1cc(-c2ccc(C(C)(C)C)cc2)cc(-c2ccc(C(C)(C)C)cc2)c1. The smallest absolute Gasteiger partial charge is 0.181 e. The summed E-state index contributed by atoms with van der Waals surface area (Å²) in [6.45, 7) is 17.8. The summed E-state index contributed by atoms with van der Waals surface area (Å²) in [5.41, 5.74) is 10.9. The van der Waals surface area contributed by atoms with Gasteiger partial charge in [-0.1, -0.05) is 127 Å². The summed E-state index contributed by atoms with van der Waals surface area (Å²) in [5, 5.41) is 5.07. The van der Waals surface area contributed by atoms with Crippen molar-refractivity contribution in [2.75, 3.05) is 0 Å². The molecular weight excluding hydrogens is 498 g/mol. The van der Waals surface area contributed by atoms with Crippen molar-refractivity contribution < 1.29 is 0 Å². The van der Waals surface area contributed by atoms with E-state index in [1.807, 2.05) is 0 Å². The molecule has 3 heteroatoms. The van der Waals surface area contributed by atoms with Gasteiger partial charge in [0, 0.05) is 12.0 Å². The fourth-order valence-corrected chi connectivity index (χ4v) is 5.15. The molecule has 0 N–H and O–H groups in total. The third-order valence-corrected chi connectivity index (χ3v) is 7.79. The van der Waals surface area contributed by atoms with Crippen LogP contribution in [0.1, 0.15) is 77.4 Å². The topological polar surface area (TPSA) is 30.7 Å². The zero-order valence-electron chi connectivity index (χ0n) is 25.9. The largest absolute Gasteiger partial charge is 0.217 e. The van der Waals surface area contributed by atoms with Crippen LogP contribution in [0.2, 0.25) is 0 Å². The number of nitrogens with zero attached hydrogens (tertiary/aromatic N) is 3. The molecule has 0 atom stereocenters. The lowest BCUT2D eigenvalue weighted by Gasteiger charge is -2.20. The molecule has 0 aliphatic heterocycles. The van der Waals surface area contributed by atoms with Crippen molar-refractivity contribution in [1.29, 1.82) is 0 Å². The average Bonchev–Trinajstić information content (AvgIpc) is 3.36. The zero-order valence-corrected chi connectivity index (χ0v) is 25.9. The summed E-state index contributed by atoms with van der Waals surface area (Å²) in [6, 6.07) is 33.3. The Balaban J connectivity index is 1.66. The van der Waals surface area contributed by atoms with E-state index in [1.165, 1.54) is 38.9 Å². The van der Waals surface area contributed by atoms with E-state index < -0.39 is 0 Å². The van der Waals surface area contributed by atoms with Gasteiger partial charge < -0.3 is 0 Å². The lowest BCUT2D eigenvalue weighted by molar-refractivity contribution is 0.590. The summed E-state index contributed by atoms with van der Waals surface area (Å²) in [5.74, 6) is 1.75. The van der Waals surface area contributed by atoms with Gasteiger partial charge in [-0.3, -0.25) is 0 Å². The van der Waals surface area contributed by atoms with Crippen LogP contribution in [0.5, 0.6) is 0 Å². The van der Waals surface area contributed by atoms with E-state index in [1.54, 1.807) is 0 Å². The van der Waals surface area contributed by atoms with Gasteiger partial charge in [0.25, 0.3) is 0 Å². The molecule has 0 fully saturated rings. The van der Waals surface area contributed by atoms with Gasteiger partial charge >= 0.3 is 0 Å². The van der Waals surface area contributed by atoms with Gasteiger partial charge in [-0.05, 0) is 75.8 Å². The molecule has 0 saturated carbocycles. The molecule has 0 radical (unpaired) electrons. The van der Waals surface area contributed by atoms with Gasteiger partial charge in [-0.2, -0.15) is 0 Å². The maximum Gasteiger partial charge on any atom is 0.181 e. The Morgan fingerprint density at radius 1 is 0.585 bits per heavy atom. The highest BCUT2D eigenvalue weighted by atomic mass is 15.3. The molecule has 0 amide bonds. The van der Waals surface area contributed by atoms with Crippen molar-refractivity contribution in [1.82, 2.24) is 14.8 Å². The van der Waals surface area contributed by atoms with Crippen LogP contribution in [0.4, 0.5) is 0 Å².